The van der Waals surface area contributed by atoms with Gasteiger partial charge in [-0.05, 0) is 85.6 Å². The molecule has 56 heavy (non-hydrogen) atoms. The molecule has 0 spiro atoms. The molecule has 5 atom stereocenters. The zero-order chi connectivity index (χ0) is 41.9. The second-order valence-corrected chi connectivity index (χ2v) is 29.0. The number of fused-ring (bicyclic) bond motifs is 1. The molecule has 314 valence electrons. The Morgan fingerprint density at radius 2 is 1.59 bits per heavy atom. The maximum Gasteiger partial charge on any atom is 0.343 e. The molecule has 0 radical (unpaired) electrons. The molecule has 1 aromatic heterocycles. The predicted molar refractivity (Wildman–Crippen MR) is 232 cm³/mol. The molecule has 3 aromatic rings. The van der Waals surface area contributed by atoms with Gasteiger partial charge in [0.25, 0.3) is 0 Å². The molecule has 2 heterocycles. The van der Waals surface area contributed by atoms with Crippen LogP contribution in [-0.2, 0) is 42.8 Å². The van der Waals surface area contributed by atoms with Crippen LogP contribution in [-0.4, -0.2) is 58.2 Å². The van der Waals surface area contributed by atoms with Crippen molar-refractivity contribution in [1.82, 2.24) is 0 Å². The normalized spacial score (nSPS) is 19.6. The van der Waals surface area contributed by atoms with E-state index in [0.717, 1.165) is 51.8 Å². The van der Waals surface area contributed by atoms with Crippen LogP contribution < -0.4 is 4.74 Å². The number of furan rings is 1. The van der Waals surface area contributed by atoms with Gasteiger partial charge in [0.1, 0.15) is 24.0 Å². The van der Waals surface area contributed by atoms with Crippen LogP contribution in [0.1, 0.15) is 130 Å². The third-order valence-corrected chi connectivity index (χ3v) is 21.6. The highest BCUT2D eigenvalue weighted by Gasteiger charge is 2.69. The third kappa shape index (κ3) is 10.2. The van der Waals surface area contributed by atoms with E-state index in [1.165, 1.54) is 0 Å². The van der Waals surface area contributed by atoms with Crippen LogP contribution in [0.15, 0.2) is 47.1 Å². The average Bonchev–Trinajstić information content (AvgIpc) is 3.72. The first kappa shape index (κ1) is 46.2. The first-order valence-corrected chi connectivity index (χ1v) is 26.9. The SMILES string of the molecule is CCC[C@H](c1coc2c(CO[Si](C)(C)C(C)(C)C)c(OCc3ccccc3)c(CC(C)C)cc12)C(O)C[C@@H](O[Si](C)(C)C(C)(C)C)[C@]1(C(=O)OCC)OC1CC. The summed E-state index contributed by atoms with van der Waals surface area (Å²) in [6, 6.07) is 12.5. The molecule has 1 saturated heterocycles. The number of carbonyl (C=O) groups is 1. The van der Waals surface area contributed by atoms with E-state index in [9.17, 15) is 9.90 Å². The molecular formula is C46H74O8Si2. The quantitative estimate of drug-likeness (QED) is 0.0684. The zero-order valence-corrected chi connectivity index (χ0v) is 39.4. The maximum absolute atomic E-state index is 13.8. The van der Waals surface area contributed by atoms with E-state index in [2.05, 4.69) is 107 Å². The molecule has 1 fully saturated rings. The Bertz CT molecular complexity index is 1740. The predicted octanol–water partition coefficient (Wildman–Crippen LogP) is 11.9. The van der Waals surface area contributed by atoms with Gasteiger partial charge in [0.05, 0.1) is 37.2 Å². The van der Waals surface area contributed by atoms with Gasteiger partial charge < -0.3 is 32.6 Å². The summed E-state index contributed by atoms with van der Waals surface area (Å²) < 4.78 is 39.3. The van der Waals surface area contributed by atoms with Crippen molar-refractivity contribution in [3.05, 3.63) is 64.9 Å². The van der Waals surface area contributed by atoms with E-state index in [4.69, 9.17) is 27.5 Å². The van der Waals surface area contributed by atoms with Crippen molar-refractivity contribution in [1.29, 1.82) is 0 Å². The zero-order valence-electron chi connectivity index (χ0n) is 37.4. The molecule has 0 amide bonds. The molecule has 1 aliphatic rings. The first-order valence-electron chi connectivity index (χ1n) is 21.1. The van der Waals surface area contributed by atoms with Gasteiger partial charge in [-0.25, -0.2) is 4.79 Å². The van der Waals surface area contributed by atoms with Gasteiger partial charge in [-0.2, -0.15) is 0 Å². The summed E-state index contributed by atoms with van der Waals surface area (Å²) in [5.74, 6) is 0.488. The Labute approximate surface area is 340 Å². The van der Waals surface area contributed by atoms with Crippen LogP contribution in [0.3, 0.4) is 0 Å². The first-order chi connectivity index (χ1) is 26.0. The molecule has 2 aromatic carbocycles. The summed E-state index contributed by atoms with van der Waals surface area (Å²) >= 11 is 0. The van der Waals surface area contributed by atoms with E-state index in [1.807, 2.05) is 38.3 Å². The Morgan fingerprint density at radius 1 is 0.946 bits per heavy atom. The summed E-state index contributed by atoms with van der Waals surface area (Å²) in [7, 11) is -4.59. The van der Waals surface area contributed by atoms with Gasteiger partial charge in [0.2, 0.25) is 5.60 Å². The molecule has 2 unspecified atom stereocenters. The van der Waals surface area contributed by atoms with Crippen molar-refractivity contribution in [3.8, 4) is 5.75 Å². The minimum atomic E-state index is -2.43. The van der Waals surface area contributed by atoms with Crippen LogP contribution in [0.2, 0.25) is 36.3 Å². The Kier molecular flexibility index (Phi) is 15.0. The number of benzene rings is 2. The molecule has 0 saturated carbocycles. The number of hydrogen-bond donors (Lipinski definition) is 1. The summed E-state index contributed by atoms with van der Waals surface area (Å²) in [5.41, 5.74) is 3.53. The van der Waals surface area contributed by atoms with Crippen molar-refractivity contribution >= 4 is 33.6 Å². The van der Waals surface area contributed by atoms with Crippen molar-refractivity contribution in [3.63, 3.8) is 0 Å². The van der Waals surface area contributed by atoms with Crippen LogP contribution in [0.4, 0.5) is 0 Å². The van der Waals surface area contributed by atoms with Crippen molar-refractivity contribution in [2.45, 2.75) is 188 Å². The fraction of sp³-hybridized carbons (Fsp3) is 0.674. The number of aliphatic hydroxyl groups excluding tert-OH is 1. The molecule has 0 bridgehead atoms. The monoisotopic (exact) mass is 810 g/mol. The highest BCUT2D eigenvalue weighted by Crippen LogP contribution is 2.50. The lowest BCUT2D eigenvalue weighted by Crippen LogP contribution is -2.53. The van der Waals surface area contributed by atoms with E-state index < -0.39 is 40.4 Å². The van der Waals surface area contributed by atoms with Crippen LogP contribution in [0, 0.1) is 5.92 Å². The highest BCUT2D eigenvalue weighted by molar-refractivity contribution is 6.74. The number of epoxide rings is 1. The van der Waals surface area contributed by atoms with E-state index in [-0.39, 0.29) is 35.1 Å². The third-order valence-electron chi connectivity index (χ3n) is 12.6. The van der Waals surface area contributed by atoms with E-state index in [1.54, 1.807) is 0 Å². The standard InChI is InChI=1S/C46H74O8Si2/c1-16-22-34(38(47)27-40(54-56(14,15)45(9,10)11)46(39(17-2)53-46)43(48)49-18-3)36-29-51-42-35(36)26-33(25-31(4)5)41(50-28-32-23-20-19-21-24-32)37(42)30-52-55(12,13)44(6,7)8/h19-21,23-24,26,29,31,34,38-40,47H,16-18,22,25,27-28,30H2,1-15H3/t34-,38?,39?,40-,46-/m1/s1. The maximum atomic E-state index is 13.8. The van der Waals surface area contributed by atoms with Gasteiger partial charge >= 0.3 is 5.97 Å². The second-order valence-electron chi connectivity index (χ2n) is 19.4. The number of esters is 1. The molecule has 4 rings (SSSR count). The Balaban J connectivity index is 1.86. The second kappa shape index (κ2) is 18.2. The lowest BCUT2D eigenvalue weighted by Gasteiger charge is -2.41. The van der Waals surface area contributed by atoms with Gasteiger partial charge in [-0.1, -0.05) is 106 Å². The summed E-state index contributed by atoms with van der Waals surface area (Å²) in [6.45, 7) is 33.7. The van der Waals surface area contributed by atoms with Crippen molar-refractivity contribution in [2.24, 2.45) is 5.92 Å². The Morgan fingerprint density at radius 3 is 2.12 bits per heavy atom. The molecule has 1 N–H and O–H groups in total. The van der Waals surface area contributed by atoms with E-state index in [0.29, 0.717) is 32.0 Å². The number of ether oxygens (including phenoxy) is 3. The minimum Gasteiger partial charge on any atom is -0.488 e. The lowest BCUT2D eigenvalue weighted by molar-refractivity contribution is -0.154. The van der Waals surface area contributed by atoms with Gasteiger partial charge in [-0.3, -0.25) is 0 Å². The summed E-state index contributed by atoms with van der Waals surface area (Å²) in [4.78, 5) is 13.8. The number of carbonyl (C=O) groups excluding carboxylic acids is 1. The smallest absolute Gasteiger partial charge is 0.343 e. The minimum absolute atomic E-state index is 0.0172. The molecule has 10 heteroatoms. The molecule has 8 nitrogen and oxygen atoms in total. The molecule has 1 aliphatic heterocycles. The van der Waals surface area contributed by atoms with E-state index >= 15 is 0 Å². The average molecular weight is 811 g/mol. The topological polar surface area (TPSA) is 99.9 Å². The largest absolute Gasteiger partial charge is 0.488 e. The van der Waals surface area contributed by atoms with Crippen LogP contribution >= 0.6 is 0 Å². The van der Waals surface area contributed by atoms with Crippen molar-refractivity contribution in [2.75, 3.05) is 6.61 Å². The number of hydrogen-bond acceptors (Lipinski definition) is 8. The van der Waals surface area contributed by atoms with Crippen LogP contribution in [0.5, 0.6) is 5.75 Å². The van der Waals surface area contributed by atoms with Gasteiger partial charge in [0, 0.05) is 23.3 Å². The molecular weight excluding hydrogens is 737 g/mol. The highest BCUT2D eigenvalue weighted by atomic mass is 28.4. The van der Waals surface area contributed by atoms with Crippen molar-refractivity contribution < 1.29 is 37.4 Å². The summed E-state index contributed by atoms with van der Waals surface area (Å²) in [6.07, 6.45) is 3.19. The summed E-state index contributed by atoms with van der Waals surface area (Å²) in [5, 5.41) is 13.4. The van der Waals surface area contributed by atoms with Crippen LogP contribution in [0.25, 0.3) is 11.0 Å². The Hall–Kier alpha value is -2.48. The fourth-order valence-corrected chi connectivity index (χ4v) is 9.48. The number of aliphatic hydroxyl groups is 1. The number of rotatable bonds is 20. The fourth-order valence-electron chi connectivity index (χ4n) is 7.21. The van der Waals surface area contributed by atoms with Gasteiger partial charge in [-0.15, -0.1) is 0 Å². The lowest BCUT2D eigenvalue weighted by atomic mass is 9.83. The molecule has 0 aliphatic carbocycles. The van der Waals surface area contributed by atoms with Gasteiger partial charge in [0.15, 0.2) is 16.6 Å².